The van der Waals surface area contributed by atoms with Crippen molar-refractivity contribution in [3.05, 3.63) is 59.7 Å². The van der Waals surface area contributed by atoms with Gasteiger partial charge in [0.15, 0.2) is 0 Å². The fraction of sp³-hybridized carbons (Fsp3) is 0.500. The van der Waals surface area contributed by atoms with Crippen LogP contribution in [0.5, 0.6) is 0 Å². The van der Waals surface area contributed by atoms with Gasteiger partial charge < -0.3 is 45.2 Å². The number of benzene rings is 2. The minimum Gasteiger partial charge on any atom is -0.394 e. The Morgan fingerprint density at radius 2 is 1.30 bits per heavy atom. The molecule has 0 saturated carbocycles. The van der Waals surface area contributed by atoms with Crippen molar-refractivity contribution in [1.29, 1.82) is 0 Å². The van der Waals surface area contributed by atoms with E-state index in [0.717, 1.165) is 11.1 Å². The third kappa shape index (κ3) is 4.83. The van der Waals surface area contributed by atoms with Gasteiger partial charge in [-0.05, 0) is 28.3 Å². The lowest BCUT2D eigenvalue weighted by Crippen LogP contribution is -2.55. The first-order valence-corrected chi connectivity index (χ1v) is 11.0. The van der Waals surface area contributed by atoms with Crippen molar-refractivity contribution in [3.63, 3.8) is 0 Å². The lowest BCUT2D eigenvalue weighted by molar-refractivity contribution is -0.231. The molecule has 5 unspecified atom stereocenters. The zero-order valence-electron chi connectivity index (χ0n) is 17.9. The molecule has 180 valence electrons. The highest BCUT2D eigenvalue weighted by molar-refractivity contribution is 5.64. The predicted octanol–water partition coefficient (Wildman–Crippen LogP) is -0.587. The van der Waals surface area contributed by atoms with Gasteiger partial charge in [-0.2, -0.15) is 0 Å². The van der Waals surface area contributed by atoms with Gasteiger partial charge in [0.2, 0.25) is 0 Å². The van der Waals surface area contributed by atoms with Crippen molar-refractivity contribution in [1.82, 2.24) is 0 Å². The van der Waals surface area contributed by atoms with Crippen LogP contribution in [0.15, 0.2) is 48.5 Å². The fourth-order valence-corrected chi connectivity index (χ4v) is 4.50. The second-order valence-electron chi connectivity index (χ2n) is 8.65. The Morgan fingerprint density at radius 1 is 0.636 bits per heavy atom. The van der Waals surface area contributed by atoms with E-state index in [1.165, 1.54) is 0 Å². The monoisotopic (exact) mass is 462 g/mol. The van der Waals surface area contributed by atoms with Gasteiger partial charge in [0, 0.05) is 6.42 Å². The number of aliphatic hydroxyl groups excluding tert-OH is 7. The van der Waals surface area contributed by atoms with Crippen LogP contribution in [0.3, 0.4) is 0 Å². The van der Waals surface area contributed by atoms with Crippen molar-refractivity contribution in [2.75, 3.05) is 13.2 Å². The maximum Gasteiger partial charge on any atom is 0.113 e. The largest absolute Gasteiger partial charge is 0.394 e. The summed E-state index contributed by atoms with van der Waals surface area (Å²) in [6, 6.07) is 14.5. The first-order valence-electron chi connectivity index (χ1n) is 11.0. The molecular weight excluding hydrogens is 432 g/mol. The van der Waals surface area contributed by atoms with E-state index >= 15 is 0 Å². The van der Waals surface area contributed by atoms with Crippen LogP contribution in [0.2, 0.25) is 0 Å². The van der Waals surface area contributed by atoms with Gasteiger partial charge in [0.1, 0.15) is 42.7 Å². The molecule has 2 saturated heterocycles. The second-order valence-corrected chi connectivity index (χ2v) is 8.65. The van der Waals surface area contributed by atoms with Crippen LogP contribution in [0.4, 0.5) is 0 Å². The van der Waals surface area contributed by atoms with Crippen molar-refractivity contribution in [2.45, 2.75) is 61.4 Å². The van der Waals surface area contributed by atoms with Gasteiger partial charge >= 0.3 is 0 Å². The molecule has 2 fully saturated rings. The lowest BCUT2D eigenvalue weighted by atomic mass is 9.90. The van der Waals surface area contributed by atoms with Crippen molar-refractivity contribution in [3.8, 4) is 11.1 Å². The van der Waals surface area contributed by atoms with Gasteiger partial charge in [0.25, 0.3) is 0 Å². The van der Waals surface area contributed by atoms with E-state index in [9.17, 15) is 35.7 Å². The molecule has 0 amide bonds. The van der Waals surface area contributed by atoms with E-state index in [0.29, 0.717) is 11.1 Å². The number of hydrogen-bond donors (Lipinski definition) is 7. The summed E-state index contributed by atoms with van der Waals surface area (Å²) < 4.78 is 11.3. The highest BCUT2D eigenvalue weighted by Crippen LogP contribution is 2.36. The minimum atomic E-state index is -1.44. The normalized spacial score (nSPS) is 37.1. The zero-order valence-corrected chi connectivity index (χ0v) is 17.9. The summed E-state index contributed by atoms with van der Waals surface area (Å²) in [6.45, 7) is -0.834. The Bertz CT molecular complexity index is 918. The van der Waals surface area contributed by atoms with E-state index in [1.54, 1.807) is 12.1 Å². The Labute approximate surface area is 191 Å². The molecule has 9 nitrogen and oxygen atoms in total. The van der Waals surface area contributed by atoms with Crippen molar-refractivity contribution < 1.29 is 45.2 Å². The van der Waals surface area contributed by atoms with Gasteiger partial charge in [-0.1, -0.05) is 42.5 Å². The van der Waals surface area contributed by atoms with Crippen LogP contribution in [-0.2, 0) is 9.47 Å². The van der Waals surface area contributed by atoms with Crippen molar-refractivity contribution in [2.24, 2.45) is 0 Å². The van der Waals surface area contributed by atoms with Crippen LogP contribution in [0, 0.1) is 0 Å². The van der Waals surface area contributed by atoms with Crippen molar-refractivity contribution >= 4 is 0 Å². The van der Waals surface area contributed by atoms with E-state index in [1.807, 2.05) is 36.4 Å². The Balaban J connectivity index is 1.54. The molecular formula is C24H30O9. The summed E-state index contributed by atoms with van der Waals surface area (Å²) in [4.78, 5) is 0. The highest BCUT2D eigenvalue weighted by Gasteiger charge is 2.44. The molecule has 0 aliphatic carbocycles. The number of rotatable bonds is 5. The quantitative estimate of drug-likeness (QED) is 0.308. The summed E-state index contributed by atoms with van der Waals surface area (Å²) in [5.41, 5.74) is 2.98. The number of ether oxygens (including phenoxy) is 2. The zero-order chi connectivity index (χ0) is 23.7. The molecule has 2 aliphatic heterocycles. The molecule has 33 heavy (non-hydrogen) atoms. The third-order valence-electron chi connectivity index (χ3n) is 6.44. The van der Waals surface area contributed by atoms with Gasteiger partial charge in [-0.3, -0.25) is 0 Å². The molecule has 2 aromatic carbocycles. The lowest BCUT2D eigenvalue weighted by Gasteiger charge is -2.40. The van der Waals surface area contributed by atoms with Gasteiger partial charge in [0.05, 0.1) is 25.4 Å². The minimum absolute atomic E-state index is 0.105. The molecule has 2 aliphatic rings. The molecule has 2 aromatic rings. The van der Waals surface area contributed by atoms with Crippen LogP contribution in [0.1, 0.15) is 29.8 Å². The predicted molar refractivity (Wildman–Crippen MR) is 116 cm³/mol. The first kappa shape index (κ1) is 24.2. The Hall–Kier alpha value is -1.92. The van der Waals surface area contributed by atoms with Crippen LogP contribution < -0.4 is 0 Å². The summed E-state index contributed by atoms with van der Waals surface area (Å²) in [6.07, 6.45) is -9.27. The molecule has 0 spiro atoms. The maximum atomic E-state index is 10.4. The Morgan fingerprint density at radius 3 is 1.97 bits per heavy atom. The summed E-state index contributed by atoms with van der Waals surface area (Å²) in [5.74, 6) is 0. The van der Waals surface area contributed by atoms with Gasteiger partial charge in [-0.15, -0.1) is 0 Å². The number of hydrogen-bond acceptors (Lipinski definition) is 9. The molecule has 0 radical (unpaired) electrons. The average molecular weight is 462 g/mol. The van der Waals surface area contributed by atoms with Crippen LogP contribution >= 0.6 is 0 Å². The van der Waals surface area contributed by atoms with E-state index in [2.05, 4.69) is 0 Å². The van der Waals surface area contributed by atoms with Gasteiger partial charge in [-0.25, -0.2) is 0 Å². The highest BCUT2D eigenvalue weighted by atomic mass is 16.5. The summed E-state index contributed by atoms with van der Waals surface area (Å²) >= 11 is 0. The molecule has 9 heteroatoms. The third-order valence-corrected chi connectivity index (χ3v) is 6.44. The molecule has 0 bridgehead atoms. The summed E-state index contributed by atoms with van der Waals surface area (Å²) in [5, 5.41) is 69.5. The molecule has 7 N–H and O–H groups in total. The number of aliphatic hydroxyl groups is 7. The molecule has 9 atom stereocenters. The van der Waals surface area contributed by atoms with Crippen LogP contribution in [0.25, 0.3) is 11.1 Å². The smallest absolute Gasteiger partial charge is 0.113 e. The fourth-order valence-electron chi connectivity index (χ4n) is 4.50. The van der Waals surface area contributed by atoms with E-state index < -0.39 is 61.5 Å². The summed E-state index contributed by atoms with van der Waals surface area (Å²) in [7, 11) is 0. The SMILES string of the molecule is OCC1O[C@H](c2ccc(-c3cccc(C4O[C@H](CO)C(O)C[C@@H]4O)c3)cc2)C(O)C(O)[C@@H]1O. The first-order chi connectivity index (χ1) is 15.8. The van der Waals surface area contributed by atoms with Crippen LogP contribution in [-0.4, -0.2) is 91.7 Å². The molecule has 4 rings (SSSR count). The van der Waals surface area contributed by atoms with E-state index in [4.69, 9.17) is 9.47 Å². The molecule has 2 heterocycles. The second kappa shape index (κ2) is 10.1. The average Bonchev–Trinajstić information content (AvgIpc) is 2.83. The topological polar surface area (TPSA) is 160 Å². The molecule has 0 aromatic heterocycles. The Kier molecular flexibility index (Phi) is 7.44. The maximum absolute atomic E-state index is 10.4. The van der Waals surface area contributed by atoms with E-state index in [-0.39, 0.29) is 13.0 Å². The standard InChI is InChI=1S/C24H30O9/c25-10-18-16(27)9-17(28)23(32-18)15-3-1-2-14(8-15)12-4-6-13(7-5-12)24-22(31)21(30)20(29)19(11-26)33-24/h1-8,16-31H,9-11H2/t16?,17-,18+,19?,20+,21?,22?,23?,24+/m0/s1.